The fourth-order valence-corrected chi connectivity index (χ4v) is 1.42. The van der Waals surface area contributed by atoms with Crippen molar-refractivity contribution in [1.82, 2.24) is 10.6 Å². The minimum Gasteiger partial charge on any atom is -0.481 e. The van der Waals surface area contributed by atoms with Gasteiger partial charge in [-0.2, -0.15) is 0 Å². The second-order valence-electron chi connectivity index (χ2n) is 4.69. The van der Waals surface area contributed by atoms with Gasteiger partial charge in [-0.15, -0.1) is 0 Å². The van der Waals surface area contributed by atoms with Crippen LogP contribution < -0.4 is 16.4 Å². The molecule has 0 aromatic carbocycles. The highest BCUT2D eigenvalue weighted by Gasteiger charge is 2.24. The van der Waals surface area contributed by atoms with Crippen LogP contribution in [-0.2, 0) is 19.2 Å². The average molecular weight is 303 g/mol. The van der Waals surface area contributed by atoms with Crippen LogP contribution in [0.2, 0.25) is 0 Å². The Morgan fingerprint density at radius 1 is 1.19 bits per heavy atom. The lowest BCUT2D eigenvalue weighted by atomic mass is 9.99. The predicted octanol–water partition coefficient (Wildman–Crippen LogP) is -1.48. The average Bonchev–Trinajstić information content (AvgIpc) is 2.41. The first-order valence-electron chi connectivity index (χ1n) is 6.46. The number of carbonyl (C=O) groups is 4. The summed E-state index contributed by atoms with van der Waals surface area (Å²) in [6, 6.07) is -2.31. The van der Waals surface area contributed by atoms with Crippen molar-refractivity contribution in [3.63, 3.8) is 0 Å². The Kier molecular flexibility index (Phi) is 7.99. The van der Waals surface area contributed by atoms with E-state index in [1.807, 2.05) is 12.2 Å². The van der Waals surface area contributed by atoms with E-state index in [-0.39, 0.29) is 5.92 Å². The molecule has 0 heterocycles. The van der Waals surface area contributed by atoms with Gasteiger partial charge in [0.1, 0.15) is 6.04 Å². The van der Waals surface area contributed by atoms with Crippen LogP contribution in [0.1, 0.15) is 26.7 Å². The summed E-state index contributed by atoms with van der Waals surface area (Å²) in [7, 11) is 0. The Bertz CT molecular complexity index is 412. The molecule has 0 aliphatic carbocycles. The molecule has 0 rings (SSSR count). The van der Waals surface area contributed by atoms with Gasteiger partial charge in [-0.1, -0.05) is 20.3 Å². The van der Waals surface area contributed by atoms with Gasteiger partial charge in [-0.05, 0) is 5.92 Å². The molecule has 2 amide bonds. The number of rotatable bonds is 9. The third-order valence-corrected chi connectivity index (χ3v) is 2.99. The smallest absolute Gasteiger partial charge is 0.326 e. The van der Waals surface area contributed by atoms with Gasteiger partial charge in [-0.25, -0.2) is 4.79 Å². The van der Waals surface area contributed by atoms with E-state index < -0.39 is 48.8 Å². The lowest BCUT2D eigenvalue weighted by Gasteiger charge is -2.18. The van der Waals surface area contributed by atoms with E-state index in [4.69, 9.17) is 15.9 Å². The monoisotopic (exact) mass is 303 g/mol. The zero-order chi connectivity index (χ0) is 16.6. The van der Waals surface area contributed by atoms with E-state index in [0.717, 1.165) is 0 Å². The van der Waals surface area contributed by atoms with Crippen LogP contribution in [0.15, 0.2) is 0 Å². The van der Waals surface area contributed by atoms with Crippen LogP contribution in [0.25, 0.3) is 0 Å². The summed E-state index contributed by atoms with van der Waals surface area (Å²) < 4.78 is 0. The van der Waals surface area contributed by atoms with Gasteiger partial charge in [-0.3, -0.25) is 14.4 Å². The number of aliphatic carboxylic acids is 2. The van der Waals surface area contributed by atoms with Crippen molar-refractivity contribution in [2.45, 2.75) is 38.8 Å². The van der Waals surface area contributed by atoms with Gasteiger partial charge in [0.25, 0.3) is 0 Å². The van der Waals surface area contributed by atoms with E-state index >= 15 is 0 Å². The topological polar surface area (TPSA) is 159 Å². The Balaban J connectivity index is 4.33. The number of nitrogens with two attached hydrogens (primary N) is 1. The molecule has 0 unspecified atom stereocenters. The molecule has 120 valence electrons. The van der Waals surface area contributed by atoms with Gasteiger partial charge >= 0.3 is 11.9 Å². The maximum Gasteiger partial charge on any atom is 0.326 e. The Hall–Kier alpha value is -2.16. The van der Waals surface area contributed by atoms with Crippen molar-refractivity contribution in [1.29, 1.82) is 0 Å². The molecule has 0 aromatic heterocycles. The summed E-state index contributed by atoms with van der Waals surface area (Å²) in [6.07, 6.45) is -0.0537. The van der Waals surface area contributed by atoms with E-state index in [1.165, 1.54) is 0 Å². The maximum atomic E-state index is 11.6. The summed E-state index contributed by atoms with van der Waals surface area (Å²) >= 11 is 0. The lowest BCUT2D eigenvalue weighted by molar-refractivity contribution is -0.147. The highest BCUT2D eigenvalue weighted by atomic mass is 16.4. The first-order chi connectivity index (χ1) is 9.68. The number of hydrogen-bond acceptors (Lipinski definition) is 5. The van der Waals surface area contributed by atoms with Crippen molar-refractivity contribution >= 4 is 23.8 Å². The molecule has 9 nitrogen and oxygen atoms in total. The first-order valence-corrected chi connectivity index (χ1v) is 6.46. The molecular formula is C12H21N3O6. The molecule has 0 aliphatic heterocycles. The number of carbonyl (C=O) groups excluding carboxylic acids is 2. The summed E-state index contributed by atoms with van der Waals surface area (Å²) in [6.45, 7) is 3.19. The van der Waals surface area contributed by atoms with Crippen molar-refractivity contribution in [2.24, 2.45) is 11.7 Å². The molecule has 0 radical (unpaired) electrons. The van der Waals surface area contributed by atoms with Gasteiger partial charge in [0.2, 0.25) is 11.8 Å². The largest absolute Gasteiger partial charge is 0.481 e. The Labute approximate surface area is 121 Å². The van der Waals surface area contributed by atoms with Gasteiger partial charge in [0, 0.05) is 0 Å². The lowest BCUT2D eigenvalue weighted by Crippen LogP contribution is -2.50. The zero-order valence-electron chi connectivity index (χ0n) is 12.0. The van der Waals surface area contributed by atoms with Crippen LogP contribution in [0, 0.1) is 5.92 Å². The third kappa shape index (κ3) is 7.25. The minimum absolute atomic E-state index is 0.0631. The van der Waals surface area contributed by atoms with E-state index in [9.17, 15) is 19.2 Å². The fourth-order valence-electron chi connectivity index (χ4n) is 1.42. The molecule has 0 fully saturated rings. The first kappa shape index (κ1) is 18.8. The number of carboxylic acid groups (broad SMARTS) is 2. The molecule has 0 saturated heterocycles. The van der Waals surface area contributed by atoms with Gasteiger partial charge in [0.05, 0.1) is 19.0 Å². The molecule has 6 N–H and O–H groups in total. The SMILES string of the molecule is CC[C@H](C)[C@H](N)C(=O)NCC(=O)N[C@@H](CC(=O)O)C(=O)O. The van der Waals surface area contributed by atoms with E-state index in [0.29, 0.717) is 6.42 Å². The Morgan fingerprint density at radius 3 is 2.19 bits per heavy atom. The Morgan fingerprint density at radius 2 is 1.76 bits per heavy atom. The van der Waals surface area contributed by atoms with Crippen molar-refractivity contribution < 1.29 is 29.4 Å². The number of hydrogen-bond donors (Lipinski definition) is 5. The second kappa shape index (κ2) is 8.90. The molecule has 0 aliphatic rings. The molecule has 0 spiro atoms. The maximum absolute atomic E-state index is 11.6. The minimum atomic E-state index is -1.55. The molecular weight excluding hydrogens is 282 g/mol. The highest BCUT2D eigenvalue weighted by Crippen LogP contribution is 2.04. The quantitative estimate of drug-likeness (QED) is 0.347. The van der Waals surface area contributed by atoms with Crippen LogP contribution in [0.3, 0.4) is 0 Å². The number of carboxylic acids is 2. The van der Waals surface area contributed by atoms with Gasteiger partial charge < -0.3 is 26.6 Å². The standard InChI is InChI=1S/C12H21N3O6/c1-3-6(2)10(13)11(19)14-5-8(16)15-7(12(20)21)4-9(17)18/h6-7,10H,3-5,13H2,1-2H3,(H,14,19)(H,15,16)(H,17,18)(H,20,21)/t6-,7-,10-/m0/s1. The molecule has 0 aromatic rings. The van der Waals surface area contributed by atoms with Crippen LogP contribution in [-0.4, -0.2) is 52.6 Å². The summed E-state index contributed by atoms with van der Waals surface area (Å²) in [4.78, 5) is 44.3. The molecule has 3 atom stereocenters. The van der Waals surface area contributed by atoms with Crippen molar-refractivity contribution in [3.8, 4) is 0 Å². The summed E-state index contributed by atoms with van der Waals surface area (Å²) in [5, 5.41) is 21.6. The van der Waals surface area contributed by atoms with Crippen LogP contribution >= 0.6 is 0 Å². The normalized spacial score (nSPS) is 14.6. The number of amides is 2. The number of nitrogens with one attached hydrogen (secondary N) is 2. The molecule has 21 heavy (non-hydrogen) atoms. The summed E-state index contributed by atoms with van der Waals surface area (Å²) in [5.74, 6) is -4.20. The van der Waals surface area contributed by atoms with Crippen LogP contribution in [0.4, 0.5) is 0 Å². The van der Waals surface area contributed by atoms with E-state index in [2.05, 4.69) is 5.32 Å². The second-order valence-corrected chi connectivity index (χ2v) is 4.69. The molecule has 9 heteroatoms. The van der Waals surface area contributed by atoms with E-state index in [1.54, 1.807) is 6.92 Å². The van der Waals surface area contributed by atoms with Crippen LogP contribution in [0.5, 0.6) is 0 Å². The molecule has 0 saturated carbocycles. The van der Waals surface area contributed by atoms with Crippen molar-refractivity contribution in [2.75, 3.05) is 6.54 Å². The van der Waals surface area contributed by atoms with Crippen molar-refractivity contribution in [3.05, 3.63) is 0 Å². The predicted molar refractivity (Wildman–Crippen MR) is 72.3 cm³/mol. The highest BCUT2D eigenvalue weighted by molar-refractivity contribution is 5.90. The fraction of sp³-hybridized carbons (Fsp3) is 0.667. The van der Waals surface area contributed by atoms with Gasteiger partial charge in [0.15, 0.2) is 0 Å². The summed E-state index contributed by atoms with van der Waals surface area (Å²) in [5.41, 5.74) is 5.66. The molecule has 0 bridgehead atoms. The zero-order valence-corrected chi connectivity index (χ0v) is 12.0. The third-order valence-electron chi connectivity index (χ3n) is 2.99.